The van der Waals surface area contributed by atoms with E-state index in [1.54, 1.807) is 4.31 Å². The molecular formula is C9H21N3O2S. The third-order valence-corrected chi connectivity index (χ3v) is 3.92. The highest BCUT2D eigenvalue weighted by atomic mass is 32.2. The lowest BCUT2D eigenvalue weighted by Gasteiger charge is -2.31. The first kappa shape index (κ1) is 12.9. The van der Waals surface area contributed by atoms with E-state index >= 15 is 0 Å². The molecule has 5 nitrogen and oxygen atoms in total. The number of nitrogens with one attached hydrogen (secondary N) is 1. The van der Waals surface area contributed by atoms with Crippen LogP contribution >= 0.6 is 0 Å². The molecule has 0 radical (unpaired) electrons. The molecule has 0 aliphatic carbocycles. The molecule has 1 atom stereocenters. The first-order valence-electron chi connectivity index (χ1n) is 5.25. The molecule has 0 aromatic rings. The highest BCUT2D eigenvalue weighted by molar-refractivity contribution is 7.88. The Bertz CT molecular complexity index is 290. The minimum Gasteiger partial charge on any atom is -0.255 e. The van der Waals surface area contributed by atoms with Gasteiger partial charge in [0.25, 0.3) is 0 Å². The van der Waals surface area contributed by atoms with Crippen molar-refractivity contribution in [2.24, 2.45) is 5.92 Å². The van der Waals surface area contributed by atoms with Crippen molar-refractivity contribution in [2.45, 2.75) is 12.8 Å². The Morgan fingerprint density at radius 2 is 2.13 bits per heavy atom. The van der Waals surface area contributed by atoms with Crippen LogP contribution in [0.5, 0.6) is 0 Å². The number of sulfonamides is 1. The predicted octanol–water partition coefficient (Wildman–Crippen LogP) is -0.276. The molecule has 0 amide bonds. The van der Waals surface area contributed by atoms with E-state index in [-0.39, 0.29) is 0 Å². The third-order valence-electron chi connectivity index (χ3n) is 2.65. The van der Waals surface area contributed by atoms with E-state index in [9.17, 15) is 8.42 Å². The van der Waals surface area contributed by atoms with Crippen LogP contribution in [-0.4, -0.2) is 57.7 Å². The van der Waals surface area contributed by atoms with Crippen LogP contribution in [0.2, 0.25) is 0 Å². The summed E-state index contributed by atoms with van der Waals surface area (Å²) in [5.74, 6) is 0.427. The van der Waals surface area contributed by atoms with Crippen molar-refractivity contribution in [1.82, 2.24) is 14.7 Å². The topological polar surface area (TPSA) is 52.6 Å². The van der Waals surface area contributed by atoms with Crippen LogP contribution in [-0.2, 0) is 10.0 Å². The van der Waals surface area contributed by atoms with E-state index in [0.717, 1.165) is 19.4 Å². The zero-order valence-electron chi connectivity index (χ0n) is 9.73. The Hall–Kier alpha value is -0.170. The lowest BCUT2D eigenvalue weighted by Crippen LogP contribution is -2.44. The molecule has 1 unspecified atom stereocenters. The fourth-order valence-corrected chi connectivity index (χ4v) is 2.75. The number of hydrazine groups is 1. The van der Waals surface area contributed by atoms with E-state index in [2.05, 4.69) is 5.43 Å². The second kappa shape index (κ2) is 5.25. The van der Waals surface area contributed by atoms with E-state index in [0.29, 0.717) is 19.0 Å². The summed E-state index contributed by atoms with van der Waals surface area (Å²) in [6.45, 7) is 2.18. The van der Waals surface area contributed by atoms with Crippen LogP contribution in [0.3, 0.4) is 0 Å². The van der Waals surface area contributed by atoms with Crippen LogP contribution in [0.4, 0.5) is 0 Å². The maximum absolute atomic E-state index is 11.4. The van der Waals surface area contributed by atoms with Gasteiger partial charge in [0.15, 0.2) is 0 Å². The monoisotopic (exact) mass is 235 g/mol. The van der Waals surface area contributed by atoms with Gasteiger partial charge in [0.2, 0.25) is 10.0 Å². The van der Waals surface area contributed by atoms with Crippen LogP contribution < -0.4 is 5.43 Å². The molecular weight excluding hydrogens is 214 g/mol. The molecule has 1 heterocycles. The Morgan fingerprint density at radius 3 is 2.67 bits per heavy atom. The summed E-state index contributed by atoms with van der Waals surface area (Å²) in [6.07, 6.45) is 3.36. The van der Waals surface area contributed by atoms with Crippen molar-refractivity contribution >= 4 is 10.0 Å². The van der Waals surface area contributed by atoms with Crippen LogP contribution in [0.15, 0.2) is 0 Å². The van der Waals surface area contributed by atoms with Gasteiger partial charge in [-0.15, -0.1) is 0 Å². The average molecular weight is 235 g/mol. The largest absolute Gasteiger partial charge is 0.255 e. The van der Waals surface area contributed by atoms with E-state index in [4.69, 9.17) is 0 Å². The van der Waals surface area contributed by atoms with Gasteiger partial charge in [-0.25, -0.2) is 12.7 Å². The number of piperidine rings is 1. The molecule has 1 aliphatic rings. The molecule has 1 saturated heterocycles. The zero-order valence-corrected chi connectivity index (χ0v) is 10.5. The molecule has 0 spiro atoms. The molecule has 1 N–H and O–H groups in total. The summed E-state index contributed by atoms with van der Waals surface area (Å²) in [5, 5.41) is 1.90. The summed E-state index contributed by atoms with van der Waals surface area (Å²) in [7, 11) is 0.878. The first-order valence-corrected chi connectivity index (χ1v) is 7.10. The molecule has 1 rings (SSSR count). The molecule has 0 aromatic carbocycles. The Labute approximate surface area is 92.5 Å². The molecule has 90 valence electrons. The van der Waals surface area contributed by atoms with Gasteiger partial charge < -0.3 is 0 Å². The fourth-order valence-electron chi connectivity index (χ4n) is 1.81. The SMILES string of the molecule is CN(C)NCC1CCCN(S(C)(=O)=O)C1. The van der Waals surface area contributed by atoms with Gasteiger partial charge in [-0.1, -0.05) is 0 Å². The summed E-state index contributed by atoms with van der Waals surface area (Å²) in [4.78, 5) is 0. The predicted molar refractivity (Wildman–Crippen MR) is 60.8 cm³/mol. The van der Waals surface area contributed by atoms with E-state index < -0.39 is 10.0 Å². The number of hydrogen-bond acceptors (Lipinski definition) is 4. The van der Waals surface area contributed by atoms with Crippen LogP contribution in [0.1, 0.15) is 12.8 Å². The van der Waals surface area contributed by atoms with Crippen LogP contribution in [0, 0.1) is 5.92 Å². The lowest BCUT2D eigenvalue weighted by atomic mass is 10.0. The number of rotatable bonds is 4. The molecule has 1 aliphatic heterocycles. The van der Waals surface area contributed by atoms with Gasteiger partial charge in [-0.05, 0) is 18.8 Å². The van der Waals surface area contributed by atoms with Gasteiger partial charge in [-0.2, -0.15) is 0 Å². The van der Waals surface area contributed by atoms with Crippen LogP contribution in [0.25, 0.3) is 0 Å². The maximum Gasteiger partial charge on any atom is 0.211 e. The van der Waals surface area contributed by atoms with Crippen molar-refractivity contribution < 1.29 is 8.42 Å². The first-order chi connectivity index (χ1) is 6.89. The normalized spacial score (nSPS) is 24.7. The van der Waals surface area contributed by atoms with Crippen molar-refractivity contribution in [3.05, 3.63) is 0 Å². The summed E-state index contributed by atoms with van der Waals surface area (Å²) >= 11 is 0. The molecule has 15 heavy (non-hydrogen) atoms. The van der Waals surface area contributed by atoms with E-state index in [1.165, 1.54) is 6.26 Å². The quantitative estimate of drug-likeness (QED) is 0.681. The second-order valence-corrected chi connectivity index (χ2v) is 6.37. The Kier molecular flexibility index (Phi) is 4.51. The standard InChI is InChI=1S/C9H21N3O2S/c1-11(2)10-7-9-5-4-6-12(8-9)15(3,13)14/h9-10H,4-8H2,1-3H3. The summed E-state index contributed by atoms with van der Waals surface area (Å²) < 4.78 is 24.3. The van der Waals surface area contributed by atoms with Gasteiger partial charge in [0.1, 0.15) is 0 Å². The van der Waals surface area contributed by atoms with Gasteiger partial charge >= 0.3 is 0 Å². The Morgan fingerprint density at radius 1 is 1.47 bits per heavy atom. The van der Waals surface area contributed by atoms with Gasteiger partial charge in [-0.3, -0.25) is 10.4 Å². The lowest BCUT2D eigenvalue weighted by molar-refractivity contribution is 0.209. The van der Waals surface area contributed by atoms with Crippen molar-refractivity contribution in [2.75, 3.05) is 40.0 Å². The molecule has 6 heteroatoms. The highest BCUT2D eigenvalue weighted by Gasteiger charge is 2.25. The second-order valence-electron chi connectivity index (χ2n) is 4.39. The van der Waals surface area contributed by atoms with E-state index in [1.807, 2.05) is 19.1 Å². The third kappa shape index (κ3) is 4.46. The smallest absolute Gasteiger partial charge is 0.211 e. The van der Waals surface area contributed by atoms with Gasteiger partial charge in [0.05, 0.1) is 6.26 Å². The maximum atomic E-state index is 11.4. The highest BCUT2D eigenvalue weighted by Crippen LogP contribution is 2.17. The van der Waals surface area contributed by atoms with Crippen molar-refractivity contribution in [3.63, 3.8) is 0 Å². The van der Waals surface area contributed by atoms with Crippen molar-refractivity contribution in [3.8, 4) is 0 Å². The summed E-state index contributed by atoms with van der Waals surface area (Å²) in [5.41, 5.74) is 3.20. The van der Waals surface area contributed by atoms with Gasteiger partial charge in [0, 0.05) is 33.7 Å². The Balaban J connectivity index is 2.43. The molecule has 0 saturated carbocycles. The zero-order chi connectivity index (χ0) is 11.5. The number of hydrogen-bond donors (Lipinski definition) is 1. The molecule has 0 bridgehead atoms. The average Bonchev–Trinajstić information content (AvgIpc) is 2.14. The molecule has 0 aromatic heterocycles. The summed E-state index contributed by atoms with van der Waals surface area (Å²) in [6, 6.07) is 0. The number of nitrogens with zero attached hydrogens (tertiary/aromatic N) is 2. The minimum absolute atomic E-state index is 0.427. The minimum atomic E-state index is -3.01. The van der Waals surface area contributed by atoms with Crippen molar-refractivity contribution in [1.29, 1.82) is 0 Å². The molecule has 1 fully saturated rings. The fraction of sp³-hybridized carbons (Fsp3) is 1.00.